The normalized spacial score (nSPS) is 18.0. The summed E-state index contributed by atoms with van der Waals surface area (Å²) in [6.07, 6.45) is 3.42. The van der Waals surface area contributed by atoms with Crippen molar-refractivity contribution >= 4 is 34.6 Å². The molecular weight excluding hydrogens is 848 g/mol. The van der Waals surface area contributed by atoms with Crippen LogP contribution in [0.4, 0.5) is 0 Å². The fourth-order valence-electron chi connectivity index (χ4n) is 9.46. The molecule has 2 fully saturated rings. The number of carbonyl (C=O) groups is 1. The van der Waals surface area contributed by atoms with Crippen molar-refractivity contribution in [2.45, 2.75) is 78.8 Å². The summed E-state index contributed by atoms with van der Waals surface area (Å²) < 4.78 is 3.68. The molecule has 2 saturated heterocycles. The molecule has 0 radical (unpaired) electrons. The van der Waals surface area contributed by atoms with Crippen LogP contribution in [0.3, 0.4) is 0 Å². The number of nitrogens with zero attached hydrogens (tertiary/aromatic N) is 9. The number of aromatic nitrogens is 6. The summed E-state index contributed by atoms with van der Waals surface area (Å²) in [5, 5.41) is 54.4. The van der Waals surface area contributed by atoms with Crippen LogP contribution in [0.1, 0.15) is 95.8 Å². The number of phenolic OH excluding ortho intramolecular Hbond substituents is 2. The minimum Gasteiger partial charge on any atom is -0.508 e. The Bertz CT molecular complexity index is 2700. The van der Waals surface area contributed by atoms with Crippen molar-refractivity contribution in [3.05, 3.63) is 110 Å². The van der Waals surface area contributed by atoms with Gasteiger partial charge in [0.15, 0.2) is 11.6 Å². The number of rotatable bonds is 12. The first kappa shape index (κ1) is 43.6. The van der Waals surface area contributed by atoms with Gasteiger partial charge in [-0.2, -0.15) is 0 Å². The molecule has 334 valence electrons. The summed E-state index contributed by atoms with van der Waals surface area (Å²) in [7, 11) is 0. The zero-order valence-electron chi connectivity index (χ0n) is 36.9. The number of aromatic hydroxyl groups is 3. The van der Waals surface area contributed by atoms with Gasteiger partial charge in [0, 0.05) is 52.6 Å². The number of piperidine rings is 1. The standard InChI is InChI=1S/C48H55ClN10O4S/c1-27(2)37-22-38(41(61)23-40(37)60)44-53-55-48(63)59(44)36-12-6-31(7-13-36)25-56-19-16-34(17-20-56)46(62)57-21-15-32(26-57)24-50-18-14-39-45-54-52-30(5)58(45)47-42(28(3)29(4)64-47)43(51-39)33-8-10-35(49)11-9-33/h6-13,22-23,27,32,34,39,50,60-61H,14-21,24-26H2,1-5H3,(H,55,63)/t32?,39-/m0/s1. The molecular formula is C48H55ClN10O4S. The number of fused-ring (bicyclic) bond motifs is 3. The molecule has 0 spiro atoms. The molecule has 64 heavy (non-hydrogen) atoms. The lowest BCUT2D eigenvalue weighted by Gasteiger charge is -2.33. The fourth-order valence-corrected chi connectivity index (χ4v) is 10.8. The van der Waals surface area contributed by atoms with Gasteiger partial charge in [-0.15, -0.1) is 26.6 Å². The molecule has 9 rings (SSSR count). The van der Waals surface area contributed by atoms with Crippen molar-refractivity contribution in [3.63, 3.8) is 0 Å². The van der Waals surface area contributed by atoms with Crippen LogP contribution in [0.5, 0.6) is 17.5 Å². The number of hydrogen-bond donors (Lipinski definition) is 4. The number of aryl methyl sites for hydroxylation is 2. The number of amides is 1. The van der Waals surface area contributed by atoms with Gasteiger partial charge < -0.3 is 25.5 Å². The van der Waals surface area contributed by atoms with Crippen molar-refractivity contribution in [3.8, 4) is 39.6 Å². The van der Waals surface area contributed by atoms with E-state index in [-0.39, 0.29) is 47.1 Å². The van der Waals surface area contributed by atoms with Crippen molar-refractivity contribution in [2.75, 3.05) is 39.3 Å². The van der Waals surface area contributed by atoms with Crippen molar-refractivity contribution < 1.29 is 20.1 Å². The highest BCUT2D eigenvalue weighted by molar-refractivity contribution is 7.15. The molecule has 2 atom stereocenters. The minimum atomic E-state index is -0.302. The van der Waals surface area contributed by atoms with E-state index in [1.807, 2.05) is 69.3 Å². The number of aliphatic imine (C=N–C) groups is 1. The Labute approximate surface area is 382 Å². The molecule has 6 aromatic rings. The van der Waals surface area contributed by atoms with Gasteiger partial charge in [0.25, 0.3) is 0 Å². The van der Waals surface area contributed by atoms with Gasteiger partial charge in [-0.05, 0) is 131 Å². The first-order chi connectivity index (χ1) is 30.8. The van der Waals surface area contributed by atoms with Crippen LogP contribution < -0.4 is 5.32 Å². The van der Waals surface area contributed by atoms with E-state index >= 15 is 0 Å². The van der Waals surface area contributed by atoms with Gasteiger partial charge in [0.2, 0.25) is 5.91 Å². The highest BCUT2D eigenvalue weighted by Gasteiger charge is 2.34. The molecule has 0 bridgehead atoms. The van der Waals surface area contributed by atoms with Gasteiger partial charge >= 0.3 is 6.01 Å². The second kappa shape index (κ2) is 18.1. The second-order valence-electron chi connectivity index (χ2n) is 17.8. The van der Waals surface area contributed by atoms with Gasteiger partial charge in [-0.1, -0.05) is 54.8 Å². The van der Waals surface area contributed by atoms with Crippen LogP contribution in [-0.2, 0) is 11.3 Å². The van der Waals surface area contributed by atoms with Crippen LogP contribution in [0.15, 0.2) is 65.7 Å². The van der Waals surface area contributed by atoms with E-state index in [2.05, 4.69) is 53.9 Å². The molecule has 3 aromatic carbocycles. The first-order valence-electron chi connectivity index (χ1n) is 22.2. The Balaban J connectivity index is 0.766. The van der Waals surface area contributed by atoms with E-state index in [0.717, 1.165) is 111 Å². The Morgan fingerprint density at radius 1 is 0.891 bits per heavy atom. The lowest BCUT2D eigenvalue weighted by Crippen LogP contribution is -2.41. The molecule has 1 amide bonds. The number of nitrogens with one attached hydrogen (secondary N) is 1. The molecule has 0 aliphatic carbocycles. The molecule has 4 N–H and O–H groups in total. The van der Waals surface area contributed by atoms with E-state index in [4.69, 9.17) is 16.6 Å². The summed E-state index contributed by atoms with van der Waals surface area (Å²) in [6.45, 7) is 15.8. The number of halogens is 1. The lowest BCUT2D eigenvalue weighted by atomic mass is 9.95. The maximum absolute atomic E-state index is 13.8. The first-order valence-corrected chi connectivity index (χ1v) is 23.4. The zero-order chi connectivity index (χ0) is 44.8. The van der Waals surface area contributed by atoms with Crippen molar-refractivity contribution in [2.24, 2.45) is 16.8 Å². The Hall–Kier alpha value is -5.61. The fraction of sp³-hybridized carbons (Fsp3) is 0.417. The van der Waals surface area contributed by atoms with Gasteiger partial charge in [-0.25, -0.2) is 4.57 Å². The van der Waals surface area contributed by atoms with E-state index in [0.29, 0.717) is 27.8 Å². The third-order valence-electron chi connectivity index (χ3n) is 13.2. The number of phenols is 2. The third kappa shape index (κ3) is 8.53. The Morgan fingerprint density at radius 3 is 2.38 bits per heavy atom. The van der Waals surface area contributed by atoms with Crippen molar-refractivity contribution in [1.82, 2.24) is 44.6 Å². The predicted octanol–water partition coefficient (Wildman–Crippen LogP) is 8.03. The van der Waals surface area contributed by atoms with E-state index < -0.39 is 0 Å². The minimum absolute atomic E-state index is 0.00241. The van der Waals surface area contributed by atoms with Gasteiger partial charge in [0.05, 0.1) is 17.0 Å². The second-order valence-corrected chi connectivity index (χ2v) is 19.4. The van der Waals surface area contributed by atoms with Gasteiger partial charge in [0.1, 0.15) is 28.4 Å². The number of likely N-dealkylation sites (tertiary alicyclic amines) is 2. The van der Waals surface area contributed by atoms with Crippen molar-refractivity contribution in [1.29, 1.82) is 0 Å². The average Bonchev–Trinajstić information content (AvgIpc) is 4.06. The topological polar surface area (TPSA) is 170 Å². The number of thiophene rings is 1. The smallest absolute Gasteiger partial charge is 0.319 e. The van der Waals surface area contributed by atoms with Crippen LogP contribution in [0.2, 0.25) is 5.02 Å². The highest BCUT2D eigenvalue weighted by atomic mass is 35.5. The molecule has 3 aliphatic rings. The molecule has 3 aromatic heterocycles. The summed E-state index contributed by atoms with van der Waals surface area (Å²) in [4.78, 5) is 24.9. The molecule has 16 heteroatoms. The van der Waals surface area contributed by atoms with Crippen LogP contribution in [0.25, 0.3) is 22.1 Å². The third-order valence-corrected chi connectivity index (χ3v) is 14.6. The molecule has 14 nitrogen and oxygen atoms in total. The maximum Gasteiger partial charge on any atom is 0.319 e. The summed E-state index contributed by atoms with van der Waals surface area (Å²) in [6, 6.07) is 18.3. The molecule has 3 aliphatic heterocycles. The quantitative estimate of drug-likeness (QED) is 0.0883. The van der Waals surface area contributed by atoms with E-state index in [1.165, 1.54) is 21.1 Å². The summed E-state index contributed by atoms with van der Waals surface area (Å²) in [5.74, 6) is 2.56. The van der Waals surface area contributed by atoms with Crippen LogP contribution in [0, 0.1) is 32.6 Å². The SMILES string of the molecule is Cc1sc2c(c1C)C(c1ccc(Cl)cc1)=N[C@@H](CCNCC1CCN(C(=O)C3CCN(Cc4ccc(-n5c(O)nnc5-c5cc(C(C)C)c(O)cc5O)cc4)CC3)C1)c1nnc(C)n1-2. The number of benzene rings is 3. The van der Waals surface area contributed by atoms with Gasteiger partial charge in [-0.3, -0.25) is 19.3 Å². The van der Waals surface area contributed by atoms with E-state index in [9.17, 15) is 20.1 Å². The zero-order valence-corrected chi connectivity index (χ0v) is 38.5. The average molecular weight is 904 g/mol. The Kier molecular flexibility index (Phi) is 12.3. The molecule has 6 heterocycles. The molecule has 0 saturated carbocycles. The van der Waals surface area contributed by atoms with Crippen LogP contribution >= 0.6 is 22.9 Å². The molecule has 1 unspecified atom stereocenters. The van der Waals surface area contributed by atoms with E-state index in [1.54, 1.807) is 17.4 Å². The summed E-state index contributed by atoms with van der Waals surface area (Å²) in [5.41, 5.74) is 7.12. The predicted molar refractivity (Wildman–Crippen MR) is 249 cm³/mol. The summed E-state index contributed by atoms with van der Waals surface area (Å²) >= 11 is 8.06. The lowest BCUT2D eigenvalue weighted by molar-refractivity contribution is -0.136. The monoisotopic (exact) mass is 902 g/mol. The maximum atomic E-state index is 13.8. The number of hydrogen-bond acceptors (Lipinski definition) is 12. The van der Waals surface area contributed by atoms with Crippen LogP contribution in [-0.4, -0.2) is 106 Å². The largest absolute Gasteiger partial charge is 0.508 e. The Morgan fingerprint density at radius 2 is 1.64 bits per heavy atom. The number of carbonyl (C=O) groups excluding carboxylic acids is 1. The highest BCUT2D eigenvalue weighted by Crippen LogP contribution is 2.41.